The Morgan fingerprint density at radius 3 is 2.68 bits per heavy atom. The monoisotopic (exact) mass is 308 g/mol. The summed E-state index contributed by atoms with van der Waals surface area (Å²) in [4.78, 5) is 23.3. The predicted octanol–water partition coefficient (Wildman–Crippen LogP) is 2.17. The Balaban J connectivity index is 1.87. The van der Waals surface area contributed by atoms with Crippen LogP contribution in [0.15, 0.2) is 41.0 Å². The van der Waals surface area contributed by atoms with E-state index in [-0.39, 0.29) is 17.9 Å². The van der Waals surface area contributed by atoms with Crippen LogP contribution in [0.25, 0.3) is 0 Å². The van der Waals surface area contributed by atoms with Crippen molar-refractivity contribution in [3.05, 3.63) is 59.6 Å². The second kappa shape index (κ2) is 6.84. The Kier molecular flexibility index (Phi) is 4.88. The van der Waals surface area contributed by atoms with Gasteiger partial charge in [-0.15, -0.1) is 0 Å². The number of furan rings is 1. The molecule has 0 aliphatic heterocycles. The van der Waals surface area contributed by atoms with Gasteiger partial charge >= 0.3 is 0 Å². The molecule has 22 heavy (non-hydrogen) atoms. The Hall–Kier alpha value is -2.70. The van der Waals surface area contributed by atoms with Gasteiger partial charge in [0.2, 0.25) is 5.91 Å². The van der Waals surface area contributed by atoms with Gasteiger partial charge in [0.25, 0.3) is 5.91 Å². The van der Waals surface area contributed by atoms with E-state index in [2.05, 4.69) is 10.6 Å². The summed E-state index contributed by atoms with van der Waals surface area (Å²) >= 11 is 0. The van der Waals surface area contributed by atoms with E-state index in [0.29, 0.717) is 0 Å². The van der Waals surface area contributed by atoms with Crippen molar-refractivity contribution in [3.63, 3.8) is 0 Å². The van der Waals surface area contributed by atoms with E-state index in [0.717, 1.165) is 12.1 Å². The van der Waals surface area contributed by atoms with Gasteiger partial charge in [-0.3, -0.25) is 9.59 Å². The van der Waals surface area contributed by atoms with Crippen LogP contribution in [0.1, 0.15) is 29.1 Å². The summed E-state index contributed by atoms with van der Waals surface area (Å²) in [6, 6.07) is 5.47. The summed E-state index contributed by atoms with van der Waals surface area (Å²) < 4.78 is 31.3. The lowest BCUT2D eigenvalue weighted by Gasteiger charge is -2.15. The second-order valence-corrected chi connectivity index (χ2v) is 4.62. The first-order chi connectivity index (χ1) is 10.5. The average molecular weight is 308 g/mol. The van der Waals surface area contributed by atoms with Crippen molar-refractivity contribution in [2.75, 3.05) is 6.54 Å². The molecule has 0 radical (unpaired) electrons. The number of halogens is 2. The third-order valence-electron chi connectivity index (χ3n) is 2.96. The molecule has 1 atom stereocenters. The maximum absolute atomic E-state index is 13.6. The molecule has 0 unspecified atom stereocenters. The zero-order chi connectivity index (χ0) is 16.1. The number of hydrogen-bond donors (Lipinski definition) is 2. The number of amides is 2. The average Bonchev–Trinajstić information content (AvgIpc) is 2.98. The Bertz CT molecular complexity index is 671. The van der Waals surface area contributed by atoms with E-state index in [9.17, 15) is 18.4 Å². The fourth-order valence-corrected chi connectivity index (χ4v) is 1.88. The normalized spacial score (nSPS) is 11.8. The highest BCUT2D eigenvalue weighted by molar-refractivity contribution is 5.94. The highest BCUT2D eigenvalue weighted by Gasteiger charge is 2.15. The second-order valence-electron chi connectivity index (χ2n) is 4.62. The van der Waals surface area contributed by atoms with Crippen molar-refractivity contribution in [1.82, 2.24) is 10.6 Å². The van der Waals surface area contributed by atoms with Crippen LogP contribution < -0.4 is 10.6 Å². The largest absolute Gasteiger partial charge is 0.459 e. The van der Waals surface area contributed by atoms with E-state index in [1.165, 1.54) is 18.4 Å². The van der Waals surface area contributed by atoms with Gasteiger partial charge in [-0.25, -0.2) is 8.78 Å². The standard InChI is InChI=1S/C15H14F2N2O3/c1-9(11-5-4-10(16)7-12(11)17)19-14(20)8-18-15(21)13-3-2-6-22-13/h2-7,9H,8H2,1H3,(H,18,21)(H,19,20)/t9-/m0/s1. The van der Waals surface area contributed by atoms with Crippen molar-refractivity contribution in [3.8, 4) is 0 Å². The van der Waals surface area contributed by atoms with Crippen LogP contribution in [0.3, 0.4) is 0 Å². The van der Waals surface area contributed by atoms with E-state index >= 15 is 0 Å². The predicted molar refractivity (Wildman–Crippen MR) is 74.0 cm³/mol. The molecule has 2 aromatic rings. The van der Waals surface area contributed by atoms with Crippen LogP contribution in [0.5, 0.6) is 0 Å². The molecule has 0 spiro atoms. The van der Waals surface area contributed by atoms with Gasteiger partial charge in [0.05, 0.1) is 18.8 Å². The lowest BCUT2D eigenvalue weighted by Crippen LogP contribution is -2.38. The Labute approximate surface area is 125 Å². The molecule has 0 saturated heterocycles. The van der Waals surface area contributed by atoms with E-state index in [4.69, 9.17) is 4.42 Å². The lowest BCUT2D eigenvalue weighted by molar-refractivity contribution is -0.120. The molecular formula is C15H14F2N2O3. The first kappa shape index (κ1) is 15.7. The fraction of sp³-hybridized carbons (Fsp3) is 0.200. The number of benzene rings is 1. The number of carbonyl (C=O) groups is 2. The first-order valence-corrected chi connectivity index (χ1v) is 6.53. The van der Waals surface area contributed by atoms with Gasteiger partial charge in [-0.2, -0.15) is 0 Å². The number of carbonyl (C=O) groups excluding carboxylic acids is 2. The molecule has 5 nitrogen and oxygen atoms in total. The van der Waals surface area contributed by atoms with Crippen LogP contribution in [0.4, 0.5) is 8.78 Å². The third kappa shape index (κ3) is 3.91. The molecule has 116 valence electrons. The quantitative estimate of drug-likeness (QED) is 0.889. The van der Waals surface area contributed by atoms with Gasteiger partial charge in [-0.05, 0) is 25.1 Å². The van der Waals surface area contributed by atoms with E-state index in [1.807, 2.05) is 0 Å². The van der Waals surface area contributed by atoms with Crippen LogP contribution >= 0.6 is 0 Å². The number of nitrogens with one attached hydrogen (secondary N) is 2. The number of rotatable bonds is 5. The summed E-state index contributed by atoms with van der Waals surface area (Å²) in [7, 11) is 0. The molecule has 0 bridgehead atoms. The van der Waals surface area contributed by atoms with Crippen molar-refractivity contribution in [1.29, 1.82) is 0 Å². The molecule has 2 amide bonds. The Morgan fingerprint density at radius 1 is 1.27 bits per heavy atom. The van der Waals surface area contributed by atoms with Crippen LogP contribution in [0, 0.1) is 11.6 Å². The minimum atomic E-state index is -0.743. The van der Waals surface area contributed by atoms with Crippen molar-refractivity contribution < 1.29 is 22.8 Å². The van der Waals surface area contributed by atoms with Gasteiger partial charge in [0.1, 0.15) is 11.6 Å². The SMILES string of the molecule is C[C@H](NC(=O)CNC(=O)c1ccco1)c1ccc(F)cc1F. The van der Waals surface area contributed by atoms with E-state index < -0.39 is 29.5 Å². The smallest absolute Gasteiger partial charge is 0.287 e. The maximum atomic E-state index is 13.6. The number of hydrogen-bond acceptors (Lipinski definition) is 3. The summed E-state index contributed by atoms with van der Waals surface area (Å²) in [5.74, 6) is -2.37. The minimum absolute atomic E-state index is 0.0884. The molecule has 0 fully saturated rings. The van der Waals surface area contributed by atoms with Crippen LogP contribution in [0.2, 0.25) is 0 Å². The molecule has 2 rings (SSSR count). The summed E-state index contributed by atoms with van der Waals surface area (Å²) in [5.41, 5.74) is 0.159. The molecule has 2 N–H and O–H groups in total. The minimum Gasteiger partial charge on any atom is -0.459 e. The Morgan fingerprint density at radius 2 is 2.05 bits per heavy atom. The molecule has 1 aromatic heterocycles. The molecule has 0 aliphatic rings. The molecule has 7 heteroatoms. The zero-order valence-electron chi connectivity index (χ0n) is 11.7. The first-order valence-electron chi connectivity index (χ1n) is 6.53. The molecule has 0 aliphatic carbocycles. The van der Waals surface area contributed by atoms with Crippen molar-refractivity contribution in [2.24, 2.45) is 0 Å². The van der Waals surface area contributed by atoms with Gasteiger partial charge in [0.15, 0.2) is 5.76 Å². The lowest BCUT2D eigenvalue weighted by atomic mass is 10.1. The fourth-order valence-electron chi connectivity index (χ4n) is 1.88. The summed E-state index contributed by atoms with van der Waals surface area (Å²) in [5, 5.41) is 4.88. The summed E-state index contributed by atoms with van der Waals surface area (Å²) in [6.45, 7) is 1.27. The summed E-state index contributed by atoms with van der Waals surface area (Å²) in [6.07, 6.45) is 1.34. The third-order valence-corrected chi connectivity index (χ3v) is 2.96. The molecule has 0 saturated carbocycles. The highest BCUT2D eigenvalue weighted by Crippen LogP contribution is 2.17. The van der Waals surface area contributed by atoms with Gasteiger partial charge in [0, 0.05) is 11.6 Å². The maximum Gasteiger partial charge on any atom is 0.287 e. The van der Waals surface area contributed by atoms with Crippen molar-refractivity contribution in [2.45, 2.75) is 13.0 Å². The van der Waals surface area contributed by atoms with Gasteiger partial charge < -0.3 is 15.1 Å². The zero-order valence-corrected chi connectivity index (χ0v) is 11.7. The van der Waals surface area contributed by atoms with Gasteiger partial charge in [-0.1, -0.05) is 6.07 Å². The van der Waals surface area contributed by atoms with Crippen LogP contribution in [-0.4, -0.2) is 18.4 Å². The highest BCUT2D eigenvalue weighted by atomic mass is 19.1. The van der Waals surface area contributed by atoms with Crippen LogP contribution in [-0.2, 0) is 4.79 Å². The van der Waals surface area contributed by atoms with E-state index in [1.54, 1.807) is 13.0 Å². The molecular weight excluding hydrogens is 294 g/mol. The topological polar surface area (TPSA) is 71.3 Å². The van der Waals surface area contributed by atoms with Crippen molar-refractivity contribution >= 4 is 11.8 Å². The molecule has 1 aromatic carbocycles. The molecule has 1 heterocycles.